The normalized spacial score (nSPS) is 29.6. The number of nitrogens with one attached hydrogen (secondary N) is 1. The van der Waals surface area contributed by atoms with Crippen LogP contribution in [-0.4, -0.2) is 47.7 Å². The Morgan fingerprint density at radius 2 is 2.05 bits per heavy atom. The summed E-state index contributed by atoms with van der Waals surface area (Å²) in [6, 6.07) is 0.347. The second-order valence-electron chi connectivity index (χ2n) is 6.64. The van der Waals surface area contributed by atoms with E-state index in [1.54, 1.807) is 0 Å². The van der Waals surface area contributed by atoms with Crippen LogP contribution in [0.2, 0.25) is 0 Å². The molecule has 1 saturated heterocycles. The third kappa shape index (κ3) is 4.19. The highest BCUT2D eigenvalue weighted by molar-refractivity contribution is 5.76. The SMILES string of the molecule is CCC(=O)N1CC(NCC2CCCC2)CC(C(C)O)C1. The first-order valence-electron chi connectivity index (χ1n) is 8.29. The predicted molar refractivity (Wildman–Crippen MR) is 80.4 cm³/mol. The zero-order chi connectivity index (χ0) is 14.5. The third-order valence-corrected chi connectivity index (χ3v) is 4.99. The van der Waals surface area contributed by atoms with Crippen LogP contribution < -0.4 is 5.32 Å². The van der Waals surface area contributed by atoms with Gasteiger partial charge in [-0.15, -0.1) is 0 Å². The van der Waals surface area contributed by atoms with Gasteiger partial charge < -0.3 is 15.3 Å². The number of rotatable bonds is 5. The van der Waals surface area contributed by atoms with E-state index in [9.17, 15) is 9.90 Å². The Bertz CT molecular complexity index is 314. The average molecular weight is 282 g/mol. The summed E-state index contributed by atoms with van der Waals surface area (Å²) < 4.78 is 0. The fourth-order valence-electron chi connectivity index (χ4n) is 3.61. The van der Waals surface area contributed by atoms with Gasteiger partial charge in [-0.1, -0.05) is 19.8 Å². The van der Waals surface area contributed by atoms with Gasteiger partial charge in [0.25, 0.3) is 0 Å². The Labute approximate surface area is 122 Å². The van der Waals surface area contributed by atoms with E-state index in [-0.39, 0.29) is 17.9 Å². The minimum absolute atomic E-state index is 0.209. The maximum atomic E-state index is 12.0. The van der Waals surface area contributed by atoms with Crippen molar-refractivity contribution in [2.75, 3.05) is 19.6 Å². The second-order valence-corrected chi connectivity index (χ2v) is 6.64. The van der Waals surface area contributed by atoms with Crippen molar-refractivity contribution in [1.82, 2.24) is 10.2 Å². The number of aliphatic hydroxyl groups is 1. The quantitative estimate of drug-likeness (QED) is 0.808. The number of carbonyl (C=O) groups is 1. The number of nitrogens with zero attached hydrogens (tertiary/aromatic N) is 1. The molecular weight excluding hydrogens is 252 g/mol. The fourth-order valence-corrected chi connectivity index (χ4v) is 3.61. The van der Waals surface area contributed by atoms with Crippen LogP contribution >= 0.6 is 0 Å². The number of piperidine rings is 1. The summed E-state index contributed by atoms with van der Waals surface area (Å²) in [6.45, 7) is 6.35. The molecule has 1 aliphatic carbocycles. The van der Waals surface area contributed by atoms with Crippen molar-refractivity contribution in [2.24, 2.45) is 11.8 Å². The molecule has 1 saturated carbocycles. The van der Waals surface area contributed by atoms with Gasteiger partial charge in [-0.3, -0.25) is 4.79 Å². The van der Waals surface area contributed by atoms with Crippen LogP contribution in [0.5, 0.6) is 0 Å². The van der Waals surface area contributed by atoms with Crippen LogP contribution in [0.15, 0.2) is 0 Å². The first kappa shape index (κ1) is 15.8. The Kier molecular flexibility index (Phi) is 5.85. The topological polar surface area (TPSA) is 52.6 Å². The smallest absolute Gasteiger partial charge is 0.222 e. The lowest BCUT2D eigenvalue weighted by atomic mass is 9.89. The predicted octanol–water partition coefficient (Wildman–Crippen LogP) is 1.77. The molecule has 2 fully saturated rings. The molecule has 1 aliphatic heterocycles. The van der Waals surface area contributed by atoms with E-state index in [0.29, 0.717) is 19.0 Å². The van der Waals surface area contributed by atoms with Crippen molar-refractivity contribution in [3.05, 3.63) is 0 Å². The Balaban J connectivity index is 1.87. The van der Waals surface area contributed by atoms with Gasteiger partial charge in [0.2, 0.25) is 5.91 Å². The van der Waals surface area contributed by atoms with Gasteiger partial charge in [-0.2, -0.15) is 0 Å². The standard InChI is InChI=1S/C16H30N2O2/c1-3-16(20)18-10-14(12(2)19)8-15(11-18)17-9-13-6-4-5-7-13/h12-15,17,19H,3-11H2,1-2H3. The van der Waals surface area contributed by atoms with E-state index in [1.807, 2.05) is 18.7 Å². The average Bonchev–Trinajstić information content (AvgIpc) is 2.97. The van der Waals surface area contributed by atoms with Crippen LogP contribution in [0.4, 0.5) is 0 Å². The third-order valence-electron chi connectivity index (χ3n) is 4.99. The molecule has 0 aromatic carbocycles. The number of aliphatic hydroxyl groups excluding tert-OH is 1. The Hall–Kier alpha value is -0.610. The first-order valence-corrected chi connectivity index (χ1v) is 8.29. The van der Waals surface area contributed by atoms with Crippen molar-refractivity contribution in [3.8, 4) is 0 Å². The Morgan fingerprint density at radius 3 is 2.65 bits per heavy atom. The molecule has 4 nitrogen and oxygen atoms in total. The molecule has 1 heterocycles. The fraction of sp³-hybridized carbons (Fsp3) is 0.938. The maximum Gasteiger partial charge on any atom is 0.222 e. The molecule has 3 unspecified atom stereocenters. The van der Waals surface area contributed by atoms with Crippen LogP contribution in [0, 0.1) is 11.8 Å². The molecule has 116 valence electrons. The summed E-state index contributed by atoms with van der Waals surface area (Å²) in [5, 5.41) is 13.5. The molecule has 0 aromatic heterocycles. The van der Waals surface area contributed by atoms with E-state index < -0.39 is 0 Å². The molecule has 2 aliphatic rings. The molecule has 1 amide bonds. The van der Waals surface area contributed by atoms with Crippen LogP contribution in [0.1, 0.15) is 52.4 Å². The maximum absolute atomic E-state index is 12.0. The number of hydrogen-bond acceptors (Lipinski definition) is 3. The number of likely N-dealkylation sites (tertiary alicyclic amines) is 1. The van der Waals surface area contributed by atoms with Gasteiger partial charge >= 0.3 is 0 Å². The molecule has 0 aromatic rings. The summed E-state index contributed by atoms with van der Waals surface area (Å²) in [5.74, 6) is 1.24. The minimum atomic E-state index is -0.335. The van der Waals surface area contributed by atoms with Gasteiger partial charge in [0.1, 0.15) is 0 Å². The van der Waals surface area contributed by atoms with E-state index in [4.69, 9.17) is 0 Å². The number of amides is 1. The van der Waals surface area contributed by atoms with Crippen molar-refractivity contribution >= 4 is 5.91 Å². The van der Waals surface area contributed by atoms with Gasteiger partial charge in [0.15, 0.2) is 0 Å². The van der Waals surface area contributed by atoms with Crippen LogP contribution in [0.25, 0.3) is 0 Å². The van der Waals surface area contributed by atoms with E-state index in [2.05, 4.69) is 5.32 Å². The lowest BCUT2D eigenvalue weighted by molar-refractivity contribution is -0.134. The van der Waals surface area contributed by atoms with Crippen molar-refractivity contribution in [2.45, 2.75) is 64.5 Å². The molecule has 0 spiro atoms. The lowest BCUT2D eigenvalue weighted by Crippen LogP contribution is -2.53. The summed E-state index contributed by atoms with van der Waals surface area (Å²) in [4.78, 5) is 13.9. The molecular formula is C16H30N2O2. The zero-order valence-corrected chi connectivity index (χ0v) is 13.0. The molecule has 4 heteroatoms. The van der Waals surface area contributed by atoms with Gasteiger partial charge in [0, 0.05) is 31.5 Å². The van der Waals surface area contributed by atoms with Crippen molar-refractivity contribution in [3.63, 3.8) is 0 Å². The lowest BCUT2D eigenvalue weighted by Gasteiger charge is -2.39. The highest BCUT2D eigenvalue weighted by atomic mass is 16.3. The number of carbonyl (C=O) groups excluding carboxylic acids is 1. The van der Waals surface area contributed by atoms with Crippen LogP contribution in [-0.2, 0) is 4.79 Å². The van der Waals surface area contributed by atoms with E-state index in [1.165, 1.54) is 25.7 Å². The van der Waals surface area contributed by atoms with Gasteiger partial charge in [-0.25, -0.2) is 0 Å². The molecule has 3 atom stereocenters. The molecule has 2 rings (SSSR count). The van der Waals surface area contributed by atoms with Crippen molar-refractivity contribution in [1.29, 1.82) is 0 Å². The summed E-state index contributed by atoms with van der Waals surface area (Å²) >= 11 is 0. The molecule has 0 radical (unpaired) electrons. The molecule has 2 N–H and O–H groups in total. The summed E-state index contributed by atoms with van der Waals surface area (Å²) in [7, 11) is 0. The van der Waals surface area contributed by atoms with Crippen molar-refractivity contribution < 1.29 is 9.90 Å². The van der Waals surface area contributed by atoms with E-state index in [0.717, 1.165) is 25.4 Å². The first-order chi connectivity index (χ1) is 9.60. The second kappa shape index (κ2) is 7.41. The monoisotopic (exact) mass is 282 g/mol. The highest BCUT2D eigenvalue weighted by Crippen LogP contribution is 2.25. The summed E-state index contributed by atoms with van der Waals surface area (Å²) in [6.07, 6.45) is 6.63. The Morgan fingerprint density at radius 1 is 1.35 bits per heavy atom. The zero-order valence-electron chi connectivity index (χ0n) is 13.0. The number of hydrogen-bond donors (Lipinski definition) is 2. The van der Waals surface area contributed by atoms with Gasteiger partial charge in [0.05, 0.1) is 6.10 Å². The van der Waals surface area contributed by atoms with Gasteiger partial charge in [-0.05, 0) is 38.6 Å². The summed E-state index contributed by atoms with van der Waals surface area (Å²) in [5.41, 5.74) is 0. The van der Waals surface area contributed by atoms with Crippen LogP contribution in [0.3, 0.4) is 0 Å². The molecule has 20 heavy (non-hydrogen) atoms. The highest BCUT2D eigenvalue weighted by Gasteiger charge is 2.31. The minimum Gasteiger partial charge on any atom is -0.393 e. The molecule has 0 bridgehead atoms. The largest absolute Gasteiger partial charge is 0.393 e. The van der Waals surface area contributed by atoms with E-state index >= 15 is 0 Å².